The van der Waals surface area contributed by atoms with Crippen LogP contribution in [0.2, 0.25) is 0 Å². The number of carbonyl (C=O) groups excluding carboxylic acids is 2. The van der Waals surface area contributed by atoms with Crippen LogP contribution in [0.1, 0.15) is 41.9 Å². The highest BCUT2D eigenvalue weighted by Crippen LogP contribution is 2.26. The number of oxazole rings is 1. The zero-order chi connectivity index (χ0) is 20.9. The van der Waals surface area contributed by atoms with Crippen molar-refractivity contribution in [2.24, 2.45) is 0 Å². The molecule has 2 aromatic heterocycles. The fourth-order valence-corrected chi connectivity index (χ4v) is 4.07. The molecule has 1 saturated heterocycles. The molecule has 0 radical (unpaired) electrons. The number of anilines is 2. The summed E-state index contributed by atoms with van der Waals surface area (Å²) < 4.78 is 5.63. The first-order chi connectivity index (χ1) is 14.6. The minimum Gasteiger partial charge on any atom is -0.440 e. The van der Waals surface area contributed by atoms with Gasteiger partial charge in [-0.05, 0) is 55.5 Å². The van der Waals surface area contributed by atoms with Crippen molar-refractivity contribution in [3.63, 3.8) is 0 Å². The van der Waals surface area contributed by atoms with Crippen LogP contribution in [0.5, 0.6) is 0 Å². The Morgan fingerprint density at radius 2 is 1.67 bits per heavy atom. The van der Waals surface area contributed by atoms with Crippen molar-refractivity contribution in [3.05, 3.63) is 53.2 Å². The molecule has 3 amide bonds. The third kappa shape index (κ3) is 4.71. The van der Waals surface area contributed by atoms with Crippen molar-refractivity contribution in [1.29, 1.82) is 0 Å². The molecule has 8 heteroatoms. The van der Waals surface area contributed by atoms with E-state index in [4.69, 9.17) is 4.42 Å². The minimum absolute atomic E-state index is 0.0759. The van der Waals surface area contributed by atoms with E-state index in [-0.39, 0.29) is 17.6 Å². The van der Waals surface area contributed by atoms with Crippen molar-refractivity contribution in [3.8, 4) is 10.8 Å². The van der Waals surface area contributed by atoms with Gasteiger partial charge < -0.3 is 20.0 Å². The predicted octanol–water partition coefficient (Wildman–Crippen LogP) is 5.37. The molecule has 0 atom stereocenters. The molecule has 0 unspecified atom stereocenters. The number of urea groups is 1. The van der Waals surface area contributed by atoms with E-state index in [0.29, 0.717) is 23.0 Å². The summed E-state index contributed by atoms with van der Waals surface area (Å²) in [6, 6.07) is 10.8. The van der Waals surface area contributed by atoms with Gasteiger partial charge in [-0.25, -0.2) is 9.78 Å². The largest absolute Gasteiger partial charge is 0.440 e. The first-order valence-corrected chi connectivity index (χ1v) is 11.0. The number of aryl methyl sites for hydroxylation is 1. The van der Waals surface area contributed by atoms with Gasteiger partial charge in [-0.3, -0.25) is 4.79 Å². The molecule has 0 bridgehead atoms. The second-order valence-electron chi connectivity index (χ2n) is 7.26. The van der Waals surface area contributed by atoms with Gasteiger partial charge in [0.15, 0.2) is 5.69 Å². The van der Waals surface area contributed by atoms with Crippen LogP contribution in [0.15, 0.2) is 46.2 Å². The number of nitrogens with zero attached hydrogens (tertiary/aromatic N) is 2. The van der Waals surface area contributed by atoms with Crippen molar-refractivity contribution in [2.75, 3.05) is 23.7 Å². The number of aromatic nitrogens is 1. The molecule has 1 fully saturated rings. The van der Waals surface area contributed by atoms with Crippen molar-refractivity contribution in [1.82, 2.24) is 9.88 Å². The standard InChI is InChI=1S/C22H24N4O3S/c1-15-19(25-21(29-15)18-7-6-14-30-18)20(27)23-16-8-10-17(11-9-16)24-22(28)26-12-4-2-3-5-13-26/h6-11,14H,2-5,12-13H2,1H3,(H,23,27)(H,24,28). The molecule has 1 aliphatic rings. The zero-order valence-corrected chi connectivity index (χ0v) is 17.6. The second kappa shape index (κ2) is 9.13. The van der Waals surface area contributed by atoms with Crippen molar-refractivity contribution in [2.45, 2.75) is 32.6 Å². The van der Waals surface area contributed by atoms with Crippen molar-refractivity contribution < 1.29 is 14.0 Å². The molecule has 30 heavy (non-hydrogen) atoms. The third-order valence-corrected chi connectivity index (χ3v) is 5.89. The highest BCUT2D eigenvalue weighted by molar-refractivity contribution is 7.13. The number of hydrogen-bond donors (Lipinski definition) is 2. The molecule has 2 N–H and O–H groups in total. The number of hydrogen-bond acceptors (Lipinski definition) is 5. The Kier molecular flexibility index (Phi) is 6.13. The number of thiophene rings is 1. The summed E-state index contributed by atoms with van der Waals surface area (Å²) in [7, 11) is 0. The molecule has 3 aromatic rings. The summed E-state index contributed by atoms with van der Waals surface area (Å²) in [6.07, 6.45) is 4.46. The fraction of sp³-hybridized carbons (Fsp3) is 0.318. The van der Waals surface area contributed by atoms with Gasteiger partial charge in [0.05, 0.1) is 4.88 Å². The van der Waals surface area contributed by atoms with Gasteiger partial charge >= 0.3 is 6.03 Å². The van der Waals surface area contributed by atoms with Gasteiger partial charge in [0.25, 0.3) is 5.91 Å². The Balaban J connectivity index is 1.37. The Bertz CT molecular complexity index is 1000. The van der Waals surface area contributed by atoms with Crippen LogP contribution >= 0.6 is 11.3 Å². The van der Waals surface area contributed by atoms with E-state index in [2.05, 4.69) is 15.6 Å². The van der Waals surface area contributed by atoms with Crippen LogP contribution in [-0.2, 0) is 0 Å². The molecule has 7 nitrogen and oxygen atoms in total. The minimum atomic E-state index is -0.333. The van der Waals surface area contributed by atoms with Gasteiger partial charge in [-0.2, -0.15) is 0 Å². The smallest absolute Gasteiger partial charge is 0.321 e. The van der Waals surface area contributed by atoms with Crippen LogP contribution in [-0.4, -0.2) is 34.9 Å². The normalized spacial score (nSPS) is 14.2. The van der Waals surface area contributed by atoms with Gasteiger partial charge in [-0.15, -0.1) is 11.3 Å². The predicted molar refractivity (Wildman–Crippen MR) is 118 cm³/mol. The number of likely N-dealkylation sites (tertiary alicyclic amines) is 1. The van der Waals surface area contributed by atoms with Gasteiger partial charge in [0.1, 0.15) is 5.76 Å². The third-order valence-electron chi connectivity index (χ3n) is 5.03. The maximum atomic E-state index is 12.6. The maximum Gasteiger partial charge on any atom is 0.321 e. The summed E-state index contributed by atoms with van der Waals surface area (Å²) in [6.45, 7) is 3.31. The van der Waals surface area contributed by atoms with E-state index in [1.807, 2.05) is 22.4 Å². The van der Waals surface area contributed by atoms with E-state index < -0.39 is 0 Å². The Labute approximate surface area is 179 Å². The van der Waals surface area contributed by atoms with Gasteiger partial charge in [0, 0.05) is 24.5 Å². The Hall–Kier alpha value is -3.13. The van der Waals surface area contributed by atoms with Crippen LogP contribution in [0.25, 0.3) is 10.8 Å². The van der Waals surface area contributed by atoms with E-state index in [1.165, 1.54) is 24.2 Å². The molecular formula is C22H24N4O3S. The molecule has 1 aliphatic heterocycles. The van der Waals surface area contributed by atoms with Gasteiger partial charge in [-0.1, -0.05) is 18.9 Å². The summed E-state index contributed by atoms with van der Waals surface area (Å²) in [5.41, 5.74) is 1.57. The lowest BCUT2D eigenvalue weighted by molar-refractivity contribution is 0.102. The highest BCUT2D eigenvalue weighted by atomic mass is 32.1. The summed E-state index contributed by atoms with van der Waals surface area (Å²) >= 11 is 1.51. The topological polar surface area (TPSA) is 87.5 Å². The molecule has 1 aromatic carbocycles. The molecule has 156 valence electrons. The number of benzene rings is 1. The number of nitrogens with one attached hydrogen (secondary N) is 2. The lowest BCUT2D eigenvalue weighted by Crippen LogP contribution is -2.35. The van der Waals surface area contributed by atoms with Crippen LogP contribution in [0, 0.1) is 6.92 Å². The molecule has 0 aliphatic carbocycles. The second-order valence-corrected chi connectivity index (χ2v) is 8.21. The van der Waals surface area contributed by atoms with Crippen LogP contribution < -0.4 is 10.6 Å². The fourth-order valence-electron chi connectivity index (χ4n) is 3.42. The first-order valence-electron chi connectivity index (χ1n) is 10.1. The van der Waals surface area contributed by atoms with Crippen molar-refractivity contribution >= 4 is 34.6 Å². The number of amides is 3. The summed E-state index contributed by atoms with van der Waals surface area (Å²) in [5.74, 6) is 0.580. The first kappa shape index (κ1) is 20.2. The molecule has 3 heterocycles. The molecule has 0 saturated carbocycles. The lowest BCUT2D eigenvalue weighted by atomic mass is 10.2. The quantitative estimate of drug-likeness (QED) is 0.589. The Morgan fingerprint density at radius 1 is 1.00 bits per heavy atom. The van der Waals surface area contributed by atoms with E-state index in [0.717, 1.165) is 30.8 Å². The maximum absolute atomic E-state index is 12.6. The SMILES string of the molecule is Cc1oc(-c2cccs2)nc1C(=O)Nc1ccc(NC(=O)N2CCCCCC2)cc1. The molecule has 0 spiro atoms. The summed E-state index contributed by atoms with van der Waals surface area (Å²) in [4.78, 5) is 32.1. The van der Waals surface area contributed by atoms with E-state index >= 15 is 0 Å². The van der Waals surface area contributed by atoms with Crippen LogP contribution in [0.3, 0.4) is 0 Å². The van der Waals surface area contributed by atoms with E-state index in [9.17, 15) is 9.59 Å². The number of carbonyl (C=O) groups is 2. The highest BCUT2D eigenvalue weighted by Gasteiger charge is 2.19. The Morgan fingerprint density at radius 3 is 2.30 bits per heavy atom. The lowest BCUT2D eigenvalue weighted by Gasteiger charge is -2.20. The average molecular weight is 425 g/mol. The summed E-state index contributed by atoms with van der Waals surface area (Å²) in [5, 5.41) is 7.69. The van der Waals surface area contributed by atoms with Gasteiger partial charge in [0.2, 0.25) is 5.89 Å². The molecule has 4 rings (SSSR count). The zero-order valence-electron chi connectivity index (χ0n) is 16.8. The average Bonchev–Trinajstić information content (AvgIpc) is 3.32. The molecular weight excluding hydrogens is 400 g/mol. The monoisotopic (exact) mass is 424 g/mol. The van der Waals surface area contributed by atoms with Crippen LogP contribution in [0.4, 0.5) is 16.2 Å². The number of rotatable bonds is 4. The van der Waals surface area contributed by atoms with E-state index in [1.54, 1.807) is 31.2 Å².